The molecule has 0 aliphatic heterocycles. The SMILES string of the molecule is COc1cccc(-c2cn3c(n2)c(Cl)nc2ccccc23)c1OC. The van der Waals surface area contributed by atoms with E-state index in [9.17, 15) is 0 Å². The average Bonchev–Trinajstić information content (AvgIpc) is 3.07. The molecule has 0 bridgehead atoms. The maximum Gasteiger partial charge on any atom is 0.175 e. The van der Waals surface area contributed by atoms with Crippen molar-refractivity contribution in [2.45, 2.75) is 0 Å². The molecule has 4 aromatic rings. The minimum absolute atomic E-state index is 0.363. The normalized spacial score (nSPS) is 11.1. The molecule has 0 aliphatic carbocycles. The first-order chi connectivity index (χ1) is 11.7. The number of hydrogen-bond donors (Lipinski definition) is 0. The maximum atomic E-state index is 6.32. The molecule has 24 heavy (non-hydrogen) atoms. The first kappa shape index (κ1) is 14.8. The van der Waals surface area contributed by atoms with E-state index >= 15 is 0 Å². The summed E-state index contributed by atoms with van der Waals surface area (Å²) in [5, 5.41) is 0.363. The number of ether oxygens (including phenoxy) is 2. The topological polar surface area (TPSA) is 48.7 Å². The molecule has 2 aromatic heterocycles. The molecule has 0 unspecified atom stereocenters. The van der Waals surface area contributed by atoms with Crippen molar-refractivity contribution >= 4 is 28.3 Å². The van der Waals surface area contributed by atoms with Crippen LogP contribution in [0.25, 0.3) is 27.9 Å². The smallest absolute Gasteiger partial charge is 0.175 e. The van der Waals surface area contributed by atoms with Gasteiger partial charge in [-0.1, -0.05) is 29.8 Å². The zero-order valence-electron chi connectivity index (χ0n) is 13.2. The molecule has 0 radical (unpaired) electrons. The number of para-hydroxylation sites is 3. The summed E-state index contributed by atoms with van der Waals surface area (Å²) in [5.41, 5.74) is 3.94. The van der Waals surface area contributed by atoms with Crippen molar-refractivity contribution in [3.63, 3.8) is 0 Å². The largest absolute Gasteiger partial charge is 0.493 e. The van der Waals surface area contributed by atoms with Crippen LogP contribution in [0, 0.1) is 0 Å². The summed E-state index contributed by atoms with van der Waals surface area (Å²) in [6.45, 7) is 0. The zero-order valence-corrected chi connectivity index (χ0v) is 13.9. The number of halogens is 1. The van der Waals surface area contributed by atoms with E-state index in [-0.39, 0.29) is 0 Å². The fourth-order valence-electron chi connectivity index (χ4n) is 2.85. The molecule has 0 atom stereocenters. The average molecular weight is 340 g/mol. The first-order valence-corrected chi connectivity index (χ1v) is 7.75. The van der Waals surface area contributed by atoms with E-state index in [1.807, 2.05) is 53.1 Å². The highest BCUT2D eigenvalue weighted by molar-refractivity contribution is 6.32. The molecular weight excluding hydrogens is 326 g/mol. The third-order valence-corrected chi connectivity index (χ3v) is 4.18. The van der Waals surface area contributed by atoms with Crippen molar-refractivity contribution in [3.05, 3.63) is 53.8 Å². The Hall–Kier alpha value is -2.79. The molecule has 0 saturated carbocycles. The van der Waals surface area contributed by atoms with Crippen LogP contribution in [-0.4, -0.2) is 28.6 Å². The Balaban J connectivity index is 2.03. The lowest BCUT2D eigenvalue weighted by Gasteiger charge is -2.10. The van der Waals surface area contributed by atoms with Crippen molar-refractivity contribution < 1.29 is 9.47 Å². The molecular formula is C18H14ClN3O2. The van der Waals surface area contributed by atoms with Crippen molar-refractivity contribution in [3.8, 4) is 22.8 Å². The molecule has 0 saturated heterocycles. The summed E-state index contributed by atoms with van der Waals surface area (Å²) in [5.74, 6) is 1.29. The van der Waals surface area contributed by atoms with Crippen LogP contribution >= 0.6 is 11.6 Å². The van der Waals surface area contributed by atoms with Crippen LogP contribution < -0.4 is 9.47 Å². The van der Waals surface area contributed by atoms with E-state index in [2.05, 4.69) is 9.97 Å². The summed E-state index contributed by atoms with van der Waals surface area (Å²) < 4.78 is 12.8. The second-order valence-corrected chi connectivity index (χ2v) is 5.61. The third-order valence-electron chi connectivity index (χ3n) is 3.93. The van der Waals surface area contributed by atoms with Gasteiger partial charge < -0.3 is 9.47 Å². The van der Waals surface area contributed by atoms with Crippen molar-refractivity contribution in [2.24, 2.45) is 0 Å². The number of fused-ring (bicyclic) bond motifs is 3. The number of imidazole rings is 1. The monoisotopic (exact) mass is 339 g/mol. The van der Waals surface area contributed by atoms with Gasteiger partial charge in [-0.2, -0.15) is 0 Å². The van der Waals surface area contributed by atoms with Crippen LogP contribution in [-0.2, 0) is 0 Å². The van der Waals surface area contributed by atoms with E-state index in [0.29, 0.717) is 22.3 Å². The Labute approximate surface area is 143 Å². The van der Waals surface area contributed by atoms with E-state index < -0.39 is 0 Å². The summed E-state index contributed by atoms with van der Waals surface area (Å²) >= 11 is 6.32. The standard InChI is InChI=1S/C18H14ClN3O2/c1-23-15-9-5-6-11(16(15)24-2)13-10-22-14-8-4-3-7-12(14)20-17(19)18(22)21-13/h3-10H,1-2H3. The lowest BCUT2D eigenvalue weighted by molar-refractivity contribution is 0.356. The molecule has 5 nitrogen and oxygen atoms in total. The fourth-order valence-corrected chi connectivity index (χ4v) is 3.07. The second kappa shape index (κ2) is 5.69. The molecule has 0 aliphatic rings. The predicted octanol–water partition coefficient (Wildman–Crippen LogP) is 4.22. The Morgan fingerprint density at radius 3 is 2.58 bits per heavy atom. The van der Waals surface area contributed by atoms with Gasteiger partial charge in [0.15, 0.2) is 22.3 Å². The highest BCUT2D eigenvalue weighted by Gasteiger charge is 2.16. The zero-order chi connectivity index (χ0) is 16.7. The number of benzene rings is 2. The fraction of sp³-hybridized carbons (Fsp3) is 0.111. The van der Waals surface area contributed by atoms with Crippen LogP contribution in [0.2, 0.25) is 5.15 Å². The molecule has 2 heterocycles. The molecule has 6 heteroatoms. The number of hydrogen-bond acceptors (Lipinski definition) is 4. The number of aromatic nitrogens is 3. The summed E-state index contributed by atoms with van der Waals surface area (Å²) in [4.78, 5) is 9.06. The van der Waals surface area contributed by atoms with Gasteiger partial charge in [-0.25, -0.2) is 9.97 Å². The highest BCUT2D eigenvalue weighted by atomic mass is 35.5. The summed E-state index contributed by atoms with van der Waals surface area (Å²) in [6, 6.07) is 13.5. The Morgan fingerprint density at radius 2 is 1.79 bits per heavy atom. The Morgan fingerprint density at radius 1 is 0.958 bits per heavy atom. The van der Waals surface area contributed by atoms with Gasteiger partial charge >= 0.3 is 0 Å². The van der Waals surface area contributed by atoms with Crippen LogP contribution in [0.1, 0.15) is 0 Å². The van der Waals surface area contributed by atoms with Gasteiger partial charge in [0.25, 0.3) is 0 Å². The van der Waals surface area contributed by atoms with E-state index in [4.69, 9.17) is 21.1 Å². The quantitative estimate of drug-likeness (QED) is 0.560. The number of methoxy groups -OCH3 is 2. The van der Waals surface area contributed by atoms with Gasteiger partial charge in [0.05, 0.1) is 30.9 Å². The van der Waals surface area contributed by atoms with E-state index in [1.165, 1.54) is 0 Å². The van der Waals surface area contributed by atoms with Gasteiger partial charge in [0.2, 0.25) is 0 Å². The van der Waals surface area contributed by atoms with Crippen molar-refractivity contribution in [2.75, 3.05) is 14.2 Å². The lowest BCUT2D eigenvalue weighted by Crippen LogP contribution is -1.93. The van der Waals surface area contributed by atoms with Gasteiger partial charge in [-0.05, 0) is 24.3 Å². The molecule has 0 spiro atoms. The van der Waals surface area contributed by atoms with Crippen molar-refractivity contribution in [1.29, 1.82) is 0 Å². The molecule has 0 N–H and O–H groups in total. The van der Waals surface area contributed by atoms with Gasteiger partial charge in [-0.15, -0.1) is 0 Å². The minimum Gasteiger partial charge on any atom is -0.493 e. The van der Waals surface area contributed by atoms with Gasteiger partial charge in [-0.3, -0.25) is 4.40 Å². The highest BCUT2D eigenvalue weighted by Crippen LogP contribution is 2.38. The molecule has 120 valence electrons. The summed E-state index contributed by atoms with van der Waals surface area (Å²) in [7, 11) is 3.22. The van der Waals surface area contributed by atoms with Gasteiger partial charge in [0.1, 0.15) is 0 Å². The predicted molar refractivity (Wildman–Crippen MR) is 94.0 cm³/mol. The van der Waals surface area contributed by atoms with Crippen LogP contribution in [0.3, 0.4) is 0 Å². The molecule has 0 amide bonds. The molecule has 4 rings (SSSR count). The van der Waals surface area contributed by atoms with E-state index in [1.54, 1.807) is 14.2 Å². The van der Waals surface area contributed by atoms with Crippen molar-refractivity contribution in [1.82, 2.24) is 14.4 Å². The summed E-state index contributed by atoms with van der Waals surface area (Å²) in [6.07, 6.45) is 1.93. The molecule has 0 fully saturated rings. The van der Waals surface area contributed by atoms with Crippen LogP contribution in [0.5, 0.6) is 11.5 Å². The van der Waals surface area contributed by atoms with E-state index in [0.717, 1.165) is 22.3 Å². The number of nitrogens with zero attached hydrogens (tertiary/aromatic N) is 3. The first-order valence-electron chi connectivity index (χ1n) is 7.37. The second-order valence-electron chi connectivity index (χ2n) is 5.25. The Kier molecular flexibility index (Phi) is 3.50. The minimum atomic E-state index is 0.363. The number of rotatable bonds is 3. The lowest BCUT2D eigenvalue weighted by atomic mass is 10.1. The third kappa shape index (κ3) is 2.17. The Bertz CT molecular complexity index is 1060. The molecule has 2 aromatic carbocycles. The maximum absolute atomic E-state index is 6.32. The van der Waals surface area contributed by atoms with Crippen LogP contribution in [0.15, 0.2) is 48.7 Å². The van der Waals surface area contributed by atoms with Crippen LogP contribution in [0.4, 0.5) is 0 Å². The van der Waals surface area contributed by atoms with Gasteiger partial charge in [0, 0.05) is 11.8 Å².